The van der Waals surface area contributed by atoms with E-state index in [1.165, 1.54) is 31.8 Å². The Balaban J connectivity index is 2.40. The Morgan fingerprint density at radius 3 is 2.58 bits per heavy atom. The minimum Gasteiger partial charge on any atom is -0.480 e. The molecule has 0 amide bonds. The smallest absolute Gasteiger partial charge is 0.240 e. The predicted molar refractivity (Wildman–Crippen MR) is 80.9 cm³/mol. The molecule has 2 N–H and O–H groups in total. The Morgan fingerprint density at radius 1 is 1.32 bits per heavy atom. The second kappa shape index (κ2) is 6.17. The topological polar surface area (TPSA) is 70.3 Å². The van der Waals surface area contributed by atoms with Gasteiger partial charge in [0.15, 0.2) is 0 Å². The fourth-order valence-corrected chi connectivity index (χ4v) is 3.57. The van der Waals surface area contributed by atoms with Crippen molar-refractivity contribution in [3.63, 3.8) is 0 Å². The summed E-state index contributed by atoms with van der Waals surface area (Å²) >= 11 is 8.42. The summed E-state index contributed by atoms with van der Waals surface area (Å²) in [6, 6.07) is 1.55. The van der Waals surface area contributed by atoms with Crippen LogP contribution in [0.2, 0.25) is 0 Å². The van der Waals surface area contributed by atoms with Crippen LogP contribution in [0.1, 0.15) is 16.6 Å². The average molecular weight is 409 g/mol. The minimum atomic E-state index is -0.402. The summed E-state index contributed by atoms with van der Waals surface area (Å²) in [7, 11) is 3.05. The third-order valence-electron chi connectivity index (χ3n) is 2.41. The molecule has 5 nitrogen and oxygen atoms in total. The van der Waals surface area contributed by atoms with Crippen LogP contribution in [0.25, 0.3) is 0 Å². The highest BCUT2D eigenvalue weighted by Crippen LogP contribution is 2.37. The molecule has 102 valence electrons. The number of nitrogens with zero attached hydrogens (tertiary/aromatic N) is 2. The molecular formula is C11H11Br2N3O2S. The van der Waals surface area contributed by atoms with Crippen molar-refractivity contribution in [1.82, 2.24) is 9.97 Å². The molecule has 0 aliphatic heterocycles. The maximum Gasteiger partial charge on any atom is 0.240 e. The number of halogens is 2. The van der Waals surface area contributed by atoms with Crippen LogP contribution < -0.4 is 15.2 Å². The molecule has 2 rings (SSSR count). The standard InChI is InChI=1S/C11H11Br2N3O2S/c1-17-7-4-15-9(11(16-7)18-2)8(14)6-3-5(12)10(13)19-6/h3-4,8H,14H2,1-2H3. The largest absolute Gasteiger partial charge is 0.480 e. The van der Waals surface area contributed by atoms with E-state index in [1.807, 2.05) is 6.07 Å². The van der Waals surface area contributed by atoms with Crippen LogP contribution in [-0.2, 0) is 0 Å². The van der Waals surface area contributed by atoms with Crippen molar-refractivity contribution in [2.45, 2.75) is 6.04 Å². The third-order valence-corrected chi connectivity index (χ3v) is 5.75. The van der Waals surface area contributed by atoms with Crippen LogP contribution in [-0.4, -0.2) is 24.2 Å². The second-order valence-electron chi connectivity index (χ2n) is 3.55. The number of methoxy groups -OCH3 is 2. The van der Waals surface area contributed by atoms with Crippen LogP contribution >= 0.6 is 43.2 Å². The van der Waals surface area contributed by atoms with Crippen molar-refractivity contribution in [1.29, 1.82) is 0 Å². The first kappa shape index (κ1) is 14.7. The van der Waals surface area contributed by atoms with Gasteiger partial charge in [0.2, 0.25) is 11.8 Å². The van der Waals surface area contributed by atoms with Crippen LogP contribution in [0.4, 0.5) is 0 Å². The molecule has 0 fully saturated rings. The summed E-state index contributed by atoms with van der Waals surface area (Å²) in [6.45, 7) is 0. The minimum absolute atomic E-state index is 0.368. The van der Waals surface area contributed by atoms with Gasteiger partial charge in [-0.15, -0.1) is 11.3 Å². The molecule has 1 atom stereocenters. The van der Waals surface area contributed by atoms with E-state index in [-0.39, 0.29) is 0 Å². The number of hydrogen-bond donors (Lipinski definition) is 1. The van der Waals surface area contributed by atoms with Gasteiger partial charge in [0.25, 0.3) is 0 Å². The Labute approximate surface area is 131 Å². The molecule has 2 heterocycles. The summed E-state index contributed by atoms with van der Waals surface area (Å²) in [5.74, 6) is 0.758. The van der Waals surface area contributed by atoms with Gasteiger partial charge in [0, 0.05) is 9.35 Å². The SMILES string of the molecule is COc1cnc(C(N)c2cc(Br)c(Br)s2)c(OC)n1. The summed E-state index contributed by atoms with van der Waals surface area (Å²) in [6.07, 6.45) is 1.52. The number of ether oxygens (including phenoxy) is 2. The van der Waals surface area contributed by atoms with Gasteiger partial charge < -0.3 is 15.2 Å². The maximum atomic E-state index is 6.21. The summed E-state index contributed by atoms with van der Waals surface area (Å²) in [5.41, 5.74) is 6.79. The Bertz CT molecular complexity index is 572. The molecule has 0 saturated heterocycles. The second-order valence-corrected chi connectivity index (χ2v) is 6.81. The van der Waals surface area contributed by atoms with Crippen molar-refractivity contribution in [2.75, 3.05) is 14.2 Å². The van der Waals surface area contributed by atoms with Crippen molar-refractivity contribution in [3.05, 3.63) is 31.1 Å². The van der Waals surface area contributed by atoms with Gasteiger partial charge in [0.05, 0.1) is 30.2 Å². The number of nitrogens with two attached hydrogens (primary N) is 1. The first-order valence-electron chi connectivity index (χ1n) is 5.22. The van der Waals surface area contributed by atoms with Crippen LogP contribution in [0.5, 0.6) is 11.8 Å². The van der Waals surface area contributed by atoms with Gasteiger partial charge in [-0.1, -0.05) is 0 Å². The quantitative estimate of drug-likeness (QED) is 0.841. The molecule has 0 aliphatic rings. The molecule has 2 aromatic heterocycles. The lowest BCUT2D eigenvalue weighted by Gasteiger charge is -2.12. The van der Waals surface area contributed by atoms with Crippen molar-refractivity contribution >= 4 is 43.2 Å². The van der Waals surface area contributed by atoms with E-state index in [4.69, 9.17) is 15.2 Å². The first-order chi connectivity index (χ1) is 9.06. The Kier molecular flexibility index (Phi) is 4.77. The van der Waals surface area contributed by atoms with E-state index in [2.05, 4.69) is 41.8 Å². The van der Waals surface area contributed by atoms with Crippen molar-refractivity contribution in [2.24, 2.45) is 5.73 Å². The van der Waals surface area contributed by atoms with E-state index in [1.54, 1.807) is 0 Å². The number of hydrogen-bond acceptors (Lipinski definition) is 6. The molecular weight excluding hydrogens is 398 g/mol. The molecule has 8 heteroatoms. The van der Waals surface area contributed by atoms with E-state index in [0.29, 0.717) is 17.5 Å². The lowest BCUT2D eigenvalue weighted by atomic mass is 10.2. The monoisotopic (exact) mass is 407 g/mol. The Hall–Kier alpha value is -0.700. The molecule has 0 saturated carbocycles. The third kappa shape index (κ3) is 3.07. The van der Waals surface area contributed by atoms with Gasteiger partial charge in [-0.25, -0.2) is 4.98 Å². The molecule has 0 radical (unpaired) electrons. The van der Waals surface area contributed by atoms with Gasteiger partial charge in [-0.3, -0.25) is 0 Å². The highest BCUT2D eigenvalue weighted by Gasteiger charge is 2.20. The number of rotatable bonds is 4. The van der Waals surface area contributed by atoms with Crippen molar-refractivity contribution < 1.29 is 9.47 Å². The normalized spacial score (nSPS) is 12.3. The molecule has 0 spiro atoms. The van der Waals surface area contributed by atoms with Gasteiger partial charge >= 0.3 is 0 Å². The summed E-state index contributed by atoms with van der Waals surface area (Å²) in [5, 5.41) is 0. The molecule has 0 aromatic carbocycles. The van der Waals surface area contributed by atoms with E-state index >= 15 is 0 Å². The van der Waals surface area contributed by atoms with Crippen LogP contribution in [0.15, 0.2) is 20.5 Å². The average Bonchev–Trinajstić information content (AvgIpc) is 2.77. The van der Waals surface area contributed by atoms with E-state index in [9.17, 15) is 0 Å². The molecule has 2 aromatic rings. The summed E-state index contributed by atoms with van der Waals surface area (Å²) < 4.78 is 12.2. The van der Waals surface area contributed by atoms with Gasteiger partial charge in [-0.2, -0.15) is 4.98 Å². The molecule has 0 aliphatic carbocycles. The fraction of sp³-hybridized carbons (Fsp3) is 0.273. The van der Waals surface area contributed by atoms with Gasteiger partial charge in [0.1, 0.15) is 5.69 Å². The maximum absolute atomic E-state index is 6.21. The fourth-order valence-electron chi connectivity index (χ4n) is 1.48. The first-order valence-corrected chi connectivity index (χ1v) is 7.62. The molecule has 0 bridgehead atoms. The van der Waals surface area contributed by atoms with E-state index < -0.39 is 6.04 Å². The highest BCUT2D eigenvalue weighted by molar-refractivity contribution is 9.13. The lowest BCUT2D eigenvalue weighted by molar-refractivity contribution is 0.355. The number of aromatic nitrogens is 2. The number of thiophene rings is 1. The van der Waals surface area contributed by atoms with Gasteiger partial charge in [-0.05, 0) is 37.9 Å². The molecule has 19 heavy (non-hydrogen) atoms. The predicted octanol–water partition coefficient (Wildman–Crippen LogP) is 3.13. The van der Waals surface area contributed by atoms with E-state index in [0.717, 1.165) is 13.1 Å². The zero-order valence-electron chi connectivity index (χ0n) is 10.2. The zero-order chi connectivity index (χ0) is 14.0. The zero-order valence-corrected chi connectivity index (χ0v) is 14.2. The Morgan fingerprint density at radius 2 is 2.05 bits per heavy atom. The highest BCUT2D eigenvalue weighted by atomic mass is 79.9. The van der Waals surface area contributed by atoms with Crippen molar-refractivity contribution in [3.8, 4) is 11.8 Å². The van der Waals surface area contributed by atoms with Crippen LogP contribution in [0, 0.1) is 0 Å². The lowest BCUT2D eigenvalue weighted by Crippen LogP contribution is -2.14. The van der Waals surface area contributed by atoms with Crippen LogP contribution in [0.3, 0.4) is 0 Å². The summed E-state index contributed by atoms with van der Waals surface area (Å²) in [4.78, 5) is 9.41. The molecule has 1 unspecified atom stereocenters.